The van der Waals surface area contributed by atoms with Crippen LogP contribution in [0.25, 0.3) is 0 Å². The highest BCUT2D eigenvalue weighted by Crippen LogP contribution is 1.93. The fraction of sp³-hybridized carbons (Fsp3) is 0.357. The average molecular weight is 274 g/mol. The highest BCUT2D eigenvalue weighted by molar-refractivity contribution is 5.07. The molecule has 0 unspecified atom stereocenters. The zero-order chi connectivity index (χ0) is 14.4. The summed E-state index contributed by atoms with van der Waals surface area (Å²) in [5.74, 6) is 0. The number of hydrogen-bond acceptors (Lipinski definition) is 4. The second-order valence-electron chi connectivity index (χ2n) is 4.41. The summed E-state index contributed by atoms with van der Waals surface area (Å²) in [7, 11) is 0. The molecule has 1 N–H and O–H groups in total. The molecule has 20 heavy (non-hydrogen) atoms. The van der Waals surface area contributed by atoms with Crippen molar-refractivity contribution in [2.45, 2.75) is 26.6 Å². The molecule has 2 rings (SSSR count). The van der Waals surface area contributed by atoms with Crippen LogP contribution in [0.1, 0.15) is 12.5 Å². The minimum atomic E-state index is -0.261. The molecule has 0 amide bonds. The van der Waals surface area contributed by atoms with Gasteiger partial charge in [-0.2, -0.15) is 0 Å². The molecule has 0 atom stereocenters. The lowest BCUT2D eigenvalue weighted by Gasteiger charge is -2.09. The minimum absolute atomic E-state index is 0.261. The number of nitrogens with zero attached hydrogens (tertiary/aromatic N) is 3. The lowest BCUT2D eigenvalue weighted by Crippen LogP contribution is -2.40. The highest BCUT2D eigenvalue weighted by Gasteiger charge is 2.03. The van der Waals surface area contributed by atoms with Crippen LogP contribution in [-0.2, 0) is 19.6 Å². The van der Waals surface area contributed by atoms with E-state index < -0.39 is 0 Å². The van der Waals surface area contributed by atoms with Crippen molar-refractivity contribution in [2.24, 2.45) is 0 Å². The Bertz CT molecular complexity index is 661. The van der Waals surface area contributed by atoms with E-state index in [1.807, 2.05) is 19.1 Å². The summed E-state index contributed by atoms with van der Waals surface area (Å²) in [4.78, 5) is 27.7. The molecular weight excluding hydrogens is 256 g/mol. The molecular formula is C14H18N4O2. The van der Waals surface area contributed by atoms with Gasteiger partial charge in [0.2, 0.25) is 0 Å². The van der Waals surface area contributed by atoms with E-state index in [-0.39, 0.29) is 11.2 Å². The summed E-state index contributed by atoms with van der Waals surface area (Å²) in [6.45, 7) is 4.01. The second-order valence-corrected chi connectivity index (χ2v) is 4.41. The van der Waals surface area contributed by atoms with Crippen molar-refractivity contribution in [2.75, 3.05) is 6.54 Å². The molecule has 6 heteroatoms. The average Bonchev–Trinajstić information content (AvgIpc) is 2.47. The number of pyridine rings is 1. The van der Waals surface area contributed by atoms with Crippen molar-refractivity contribution in [3.8, 4) is 0 Å². The lowest BCUT2D eigenvalue weighted by molar-refractivity contribution is 0.531. The molecule has 0 aliphatic rings. The number of hydrogen-bond donors (Lipinski definition) is 1. The largest absolute Gasteiger partial charge is 0.330 e. The Labute approximate surface area is 116 Å². The first kappa shape index (κ1) is 14.2. The van der Waals surface area contributed by atoms with Gasteiger partial charge in [0, 0.05) is 50.8 Å². The van der Waals surface area contributed by atoms with E-state index in [0.29, 0.717) is 26.2 Å². The third-order valence-electron chi connectivity index (χ3n) is 3.04. The fourth-order valence-electron chi connectivity index (χ4n) is 1.93. The van der Waals surface area contributed by atoms with Gasteiger partial charge in [0.1, 0.15) is 0 Å². The van der Waals surface area contributed by atoms with Crippen molar-refractivity contribution < 1.29 is 0 Å². The molecule has 106 valence electrons. The van der Waals surface area contributed by atoms with E-state index in [4.69, 9.17) is 0 Å². The number of aromatic nitrogens is 3. The highest BCUT2D eigenvalue weighted by atomic mass is 16.2. The van der Waals surface area contributed by atoms with Crippen LogP contribution >= 0.6 is 0 Å². The SMILES string of the molecule is CCn1ccc(=O)n(CCNCc2cccnc2)c1=O. The molecule has 6 nitrogen and oxygen atoms in total. The van der Waals surface area contributed by atoms with Crippen LogP contribution in [0.15, 0.2) is 46.4 Å². The van der Waals surface area contributed by atoms with Crippen LogP contribution in [0.5, 0.6) is 0 Å². The molecule has 0 radical (unpaired) electrons. The Morgan fingerprint density at radius 3 is 2.85 bits per heavy atom. The van der Waals surface area contributed by atoms with E-state index in [1.165, 1.54) is 21.4 Å². The summed E-state index contributed by atoms with van der Waals surface area (Å²) in [6, 6.07) is 5.27. The second kappa shape index (κ2) is 6.81. The number of aryl methyl sites for hydroxylation is 1. The topological polar surface area (TPSA) is 68.9 Å². The minimum Gasteiger partial charge on any atom is -0.311 e. The van der Waals surface area contributed by atoms with Gasteiger partial charge in [-0.25, -0.2) is 4.79 Å². The van der Waals surface area contributed by atoms with Gasteiger partial charge in [-0.05, 0) is 18.6 Å². The molecule has 0 saturated carbocycles. The maximum atomic E-state index is 12.0. The molecule has 0 fully saturated rings. The molecule has 0 aromatic carbocycles. The van der Waals surface area contributed by atoms with Crippen LogP contribution in [0, 0.1) is 0 Å². The van der Waals surface area contributed by atoms with Crippen molar-refractivity contribution in [1.29, 1.82) is 0 Å². The monoisotopic (exact) mass is 274 g/mol. The van der Waals surface area contributed by atoms with Crippen LogP contribution in [0.2, 0.25) is 0 Å². The fourth-order valence-corrected chi connectivity index (χ4v) is 1.93. The Balaban J connectivity index is 1.95. The quantitative estimate of drug-likeness (QED) is 0.765. The first-order chi connectivity index (χ1) is 9.72. The molecule has 0 saturated heterocycles. The maximum absolute atomic E-state index is 12.0. The molecule has 0 spiro atoms. The van der Waals surface area contributed by atoms with E-state index in [9.17, 15) is 9.59 Å². The van der Waals surface area contributed by atoms with Crippen LogP contribution < -0.4 is 16.6 Å². The number of nitrogens with one attached hydrogen (secondary N) is 1. The van der Waals surface area contributed by atoms with Gasteiger partial charge in [0.05, 0.1) is 0 Å². The summed E-state index contributed by atoms with van der Waals surface area (Å²) >= 11 is 0. The van der Waals surface area contributed by atoms with Crippen molar-refractivity contribution in [3.63, 3.8) is 0 Å². The summed E-state index contributed by atoms with van der Waals surface area (Å²) in [5, 5.41) is 3.19. The smallest absolute Gasteiger partial charge is 0.311 e. The molecule has 0 bridgehead atoms. The molecule has 2 aromatic rings. The lowest BCUT2D eigenvalue weighted by atomic mass is 10.3. The molecule has 0 aliphatic heterocycles. The van der Waals surface area contributed by atoms with E-state index in [2.05, 4.69) is 10.3 Å². The normalized spacial score (nSPS) is 10.7. The summed E-state index contributed by atoms with van der Waals surface area (Å²) in [6.07, 6.45) is 5.04. The molecule has 0 aliphatic carbocycles. The summed E-state index contributed by atoms with van der Waals surface area (Å²) < 4.78 is 2.77. The maximum Gasteiger partial charge on any atom is 0.330 e. The van der Waals surface area contributed by atoms with Crippen molar-refractivity contribution in [3.05, 3.63) is 63.2 Å². The van der Waals surface area contributed by atoms with Gasteiger partial charge in [-0.15, -0.1) is 0 Å². The Kier molecular flexibility index (Phi) is 4.84. The van der Waals surface area contributed by atoms with Gasteiger partial charge in [0.15, 0.2) is 0 Å². The van der Waals surface area contributed by atoms with Crippen LogP contribution in [0.4, 0.5) is 0 Å². The van der Waals surface area contributed by atoms with Crippen molar-refractivity contribution in [1.82, 2.24) is 19.4 Å². The van der Waals surface area contributed by atoms with Gasteiger partial charge < -0.3 is 9.88 Å². The van der Waals surface area contributed by atoms with Crippen molar-refractivity contribution >= 4 is 0 Å². The zero-order valence-electron chi connectivity index (χ0n) is 11.5. The van der Waals surface area contributed by atoms with Crippen LogP contribution in [0.3, 0.4) is 0 Å². The first-order valence-corrected chi connectivity index (χ1v) is 6.62. The van der Waals surface area contributed by atoms with Gasteiger partial charge >= 0.3 is 5.69 Å². The Morgan fingerprint density at radius 2 is 2.15 bits per heavy atom. The zero-order valence-corrected chi connectivity index (χ0v) is 11.5. The third kappa shape index (κ3) is 3.42. The van der Waals surface area contributed by atoms with Crippen LogP contribution in [-0.4, -0.2) is 20.7 Å². The standard InChI is InChI=1S/C14H18N4O2/c1-2-17-8-5-13(19)18(14(17)20)9-7-16-11-12-4-3-6-15-10-12/h3-6,8,10,16H,2,7,9,11H2,1H3. The van der Waals surface area contributed by atoms with E-state index in [1.54, 1.807) is 12.4 Å². The Morgan fingerprint density at radius 1 is 1.30 bits per heavy atom. The predicted molar refractivity (Wildman–Crippen MR) is 76.6 cm³/mol. The van der Waals surface area contributed by atoms with E-state index in [0.717, 1.165) is 5.56 Å². The first-order valence-electron chi connectivity index (χ1n) is 6.62. The van der Waals surface area contributed by atoms with Gasteiger partial charge in [-0.1, -0.05) is 6.07 Å². The molecule has 2 heterocycles. The van der Waals surface area contributed by atoms with E-state index >= 15 is 0 Å². The van der Waals surface area contributed by atoms with Gasteiger partial charge in [-0.3, -0.25) is 14.3 Å². The summed E-state index contributed by atoms with van der Waals surface area (Å²) in [5.41, 5.74) is 0.546. The third-order valence-corrected chi connectivity index (χ3v) is 3.04. The molecule has 2 aromatic heterocycles. The predicted octanol–water partition coefficient (Wildman–Crippen LogP) is 0.215. The Hall–Kier alpha value is -2.21. The van der Waals surface area contributed by atoms with Gasteiger partial charge in [0.25, 0.3) is 5.56 Å². The number of rotatable bonds is 6.